The fourth-order valence-electron chi connectivity index (χ4n) is 4.50. The molecular weight excluding hydrogens is 479 g/mol. The third-order valence-corrected chi connectivity index (χ3v) is 7.45. The zero-order chi connectivity index (χ0) is 24.6. The lowest BCUT2D eigenvalue weighted by Gasteiger charge is -2.28. The zero-order valence-electron chi connectivity index (χ0n) is 18.7. The first-order valence-corrected chi connectivity index (χ1v) is 11.8. The number of fused-ring (bicyclic) bond motifs is 1. The van der Waals surface area contributed by atoms with Gasteiger partial charge in [-0.2, -0.15) is 0 Å². The summed E-state index contributed by atoms with van der Waals surface area (Å²) in [5.74, 6) is -2.71. The van der Waals surface area contributed by atoms with Crippen LogP contribution < -0.4 is 10.2 Å². The number of halogens is 2. The normalized spacial score (nSPS) is 24.1. The van der Waals surface area contributed by atoms with Gasteiger partial charge in [0.1, 0.15) is 0 Å². The maximum absolute atomic E-state index is 12.9. The third-order valence-electron chi connectivity index (χ3n) is 6.35. The van der Waals surface area contributed by atoms with Crippen molar-refractivity contribution in [1.82, 2.24) is 0 Å². The molecule has 3 amide bonds. The second-order valence-corrected chi connectivity index (χ2v) is 9.79. The van der Waals surface area contributed by atoms with Crippen LogP contribution in [0.5, 0.6) is 0 Å². The van der Waals surface area contributed by atoms with Crippen LogP contribution in [0, 0.1) is 25.7 Å². The van der Waals surface area contributed by atoms with Crippen molar-refractivity contribution in [2.75, 3.05) is 16.8 Å². The average molecular weight is 503 g/mol. The van der Waals surface area contributed by atoms with Gasteiger partial charge in [-0.15, -0.1) is 23.2 Å². The molecule has 2 aromatic rings. The minimum atomic E-state index is -0.689. The lowest BCUT2D eigenvalue weighted by Crippen LogP contribution is -2.34. The summed E-state index contributed by atoms with van der Waals surface area (Å²) in [5.41, 5.74) is 3.07. The molecule has 1 saturated carbocycles. The predicted molar refractivity (Wildman–Crippen MR) is 129 cm³/mol. The molecule has 1 heterocycles. The van der Waals surface area contributed by atoms with Crippen LogP contribution >= 0.6 is 23.2 Å². The van der Waals surface area contributed by atoms with E-state index in [-0.39, 0.29) is 28.1 Å². The zero-order valence-corrected chi connectivity index (χ0v) is 20.2. The van der Waals surface area contributed by atoms with E-state index in [2.05, 4.69) is 5.32 Å². The monoisotopic (exact) mass is 502 g/mol. The van der Waals surface area contributed by atoms with E-state index in [1.54, 1.807) is 0 Å². The van der Waals surface area contributed by atoms with Gasteiger partial charge < -0.3 is 10.1 Å². The maximum atomic E-state index is 12.9. The number of carbonyl (C=O) groups excluding carboxylic acids is 4. The van der Waals surface area contributed by atoms with E-state index in [0.29, 0.717) is 24.2 Å². The number of anilines is 2. The number of para-hydroxylation sites is 1. The first kappa shape index (κ1) is 24.2. The van der Waals surface area contributed by atoms with Gasteiger partial charge in [0, 0.05) is 5.69 Å². The van der Waals surface area contributed by atoms with Crippen LogP contribution in [0.25, 0.3) is 0 Å². The van der Waals surface area contributed by atoms with Crippen molar-refractivity contribution in [2.24, 2.45) is 11.8 Å². The number of esters is 1. The number of benzene rings is 2. The number of alkyl halides is 2. The molecule has 34 heavy (non-hydrogen) atoms. The van der Waals surface area contributed by atoms with Crippen LogP contribution in [0.2, 0.25) is 0 Å². The standard InChI is InChI=1S/C25H24Cl2N2O5/c1-13-4-3-5-14(2)22(13)28-21(30)12-34-25(33)15-6-8-16(9-7-15)29-23(31)17-10-19(26)20(27)11-18(17)24(29)32/h3-9,17-20H,10-12H2,1-2H3,(H,28,30)/t17-,18-,19-,20+/m1/s1. The molecule has 2 aromatic carbocycles. The largest absolute Gasteiger partial charge is 0.452 e. The second-order valence-electron chi connectivity index (χ2n) is 8.67. The van der Waals surface area contributed by atoms with Gasteiger partial charge >= 0.3 is 5.97 Å². The summed E-state index contributed by atoms with van der Waals surface area (Å²) in [5, 5.41) is 2.04. The summed E-state index contributed by atoms with van der Waals surface area (Å²) in [7, 11) is 0. The number of aryl methyl sites for hydroxylation is 2. The van der Waals surface area contributed by atoms with Crippen molar-refractivity contribution in [1.29, 1.82) is 0 Å². The summed E-state index contributed by atoms with van der Waals surface area (Å²) >= 11 is 12.4. The number of amides is 3. The number of imide groups is 1. The summed E-state index contributed by atoms with van der Waals surface area (Å²) in [6.45, 7) is 3.31. The SMILES string of the molecule is Cc1cccc(C)c1NC(=O)COC(=O)c1ccc(N2C(=O)[C@@H]3C[C@@H](Cl)[C@@H](Cl)C[C@H]3C2=O)cc1. The van der Waals surface area contributed by atoms with E-state index in [4.69, 9.17) is 27.9 Å². The molecule has 1 N–H and O–H groups in total. The number of rotatable bonds is 5. The molecule has 2 fully saturated rings. The number of hydrogen-bond acceptors (Lipinski definition) is 5. The highest BCUT2D eigenvalue weighted by molar-refractivity contribution is 6.31. The van der Waals surface area contributed by atoms with Gasteiger partial charge in [-0.05, 0) is 62.1 Å². The Morgan fingerprint density at radius 3 is 2.00 bits per heavy atom. The Labute approximate surface area is 207 Å². The quantitative estimate of drug-likeness (QED) is 0.375. The Hall–Kier alpha value is -2.90. The van der Waals surface area contributed by atoms with E-state index >= 15 is 0 Å². The van der Waals surface area contributed by atoms with Crippen molar-refractivity contribution < 1.29 is 23.9 Å². The van der Waals surface area contributed by atoms with Crippen molar-refractivity contribution in [2.45, 2.75) is 37.4 Å². The lowest BCUT2D eigenvalue weighted by atomic mass is 9.80. The Bertz CT molecular complexity index is 1100. The van der Waals surface area contributed by atoms with Crippen LogP contribution in [0.15, 0.2) is 42.5 Å². The van der Waals surface area contributed by atoms with E-state index in [1.807, 2.05) is 32.0 Å². The molecule has 1 saturated heterocycles. The average Bonchev–Trinajstić information content (AvgIpc) is 3.04. The highest BCUT2D eigenvalue weighted by Gasteiger charge is 2.52. The Morgan fingerprint density at radius 1 is 0.941 bits per heavy atom. The van der Waals surface area contributed by atoms with Gasteiger partial charge in [0.25, 0.3) is 5.91 Å². The number of nitrogens with zero attached hydrogens (tertiary/aromatic N) is 1. The Kier molecular flexibility index (Phi) is 6.96. The maximum Gasteiger partial charge on any atom is 0.338 e. The molecule has 1 aliphatic carbocycles. The summed E-state index contributed by atoms with van der Waals surface area (Å²) in [6.07, 6.45) is 0.714. The van der Waals surface area contributed by atoms with E-state index in [9.17, 15) is 19.2 Å². The van der Waals surface area contributed by atoms with Gasteiger partial charge in [-0.1, -0.05) is 18.2 Å². The molecule has 0 radical (unpaired) electrons. The molecule has 178 valence electrons. The van der Waals surface area contributed by atoms with Crippen molar-refractivity contribution in [3.05, 3.63) is 59.2 Å². The van der Waals surface area contributed by atoms with E-state index in [0.717, 1.165) is 16.0 Å². The molecule has 0 unspecified atom stereocenters. The Balaban J connectivity index is 1.38. The molecule has 0 spiro atoms. The molecule has 4 rings (SSSR count). The molecule has 1 aliphatic heterocycles. The smallest absolute Gasteiger partial charge is 0.338 e. The van der Waals surface area contributed by atoms with Crippen molar-refractivity contribution in [3.8, 4) is 0 Å². The lowest BCUT2D eigenvalue weighted by molar-refractivity contribution is -0.122. The number of hydrogen-bond donors (Lipinski definition) is 1. The molecule has 0 bridgehead atoms. The fraction of sp³-hybridized carbons (Fsp3) is 0.360. The van der Waals surface area contributed by atoms with Crippen molar-refractivity contribution in [3.63, 3.8) is 0 Å². The highest BCUT2D eigenvalue weighted by Crippen LogP contribution is 2.43. The molecule has 0 aromatic heterocycles. The molecule has 2 aliphatic rings. The summed E-state index contributed by atoms with van der Waals surface area (Å²) in [6, 6.07) is 11.6. The van der Waals surface area contributed by atoms with Gasteiger partial charge in [-0.3, -0.25) is 19.3 Å². The van der Waals surface area contributed by atoms with Crippen molar-refractivity contribution >= 4 is 58.3 Å². The van der Waals surface area contributed by atoms with E-state index < -0.39 is 30.3 Å². The fourth-order valence-corrected chi connectivity index (χ4v) is 5.09. The van der Waals surface area contributed by atoms with Crippen LogP contribution in [-0.2, 0) is 19.1 Å². The second kappa shape index (κ2) is 9.76. The van der Waals surface area contributed by atoms with Crippen LogP contribution in [0.4, 0.5) is 11.4 Å². The van der Waals surface area contributed by atoms with Gasteiger partial charge in [0.15, 0.2) is 6.61 Å². The first-order valence-electron chi connectivity index (χ1n) is 11.0. The minimum Gasteiger partial charge on any atom is -0.452 e. The van der Waals surface area contributed by atoms with Gasteiger partial charge in [-0.25, -0.2) is 4.79 Å². The van der Waals surface area contributed by atoms with Crippen LogP contribution in [0.3, 0.4) is 0 Å². The van der Waals surface area contributed by atoms with Gasteiger partial charge in [0.2, 0.25) is 11.8 Å². The summed E-state index contributed by atoms with van der Waals surface area (Å²) in [4.78, 5) is 51.5. The number of ether oxygens (including phenoxy) is 1. The molecule has 7 nitrogen and oxygen atoms in total. The third kappa shape index (κ3) is 4.68. The Morgan fingerprint density at radius 2 is 1.47 bits per heavy atom. The van der Waals surface area contributed by atoms with E-state index in [1.165, 1.54) is 24.3 Å². The van der Waals surface area contributed by atoms with Gasteiger partial charge in [0.05, 0.1) is 33.8 Å². The minimum absolute atomic E-state index is 0.196. The number of nitrogens with one attached hydrogen (secondary N) is 1. The molecule has 9 heteroatoms. The first-order chi connectivity index (χ1) is 16.2. The van der Waals surface area contributed by atoms with Crippen LogP contribution in [-0.4, -0.2) is 41.1 Å². The van der Waals surface area contributed by atoms with Crippen LogP contribution in [0.1, 0.15) is 34.3 Å². The predicted octanol–water partition coefficient (Wildman–Crippen LogP) is 4.21. The molecular formula is C25H24Cl2N2O5. The number of carbonyl (C=O) groups is 4. The highest BCUT2D eigenvalue weighted by atomic mass is 35.5. The molecule has 4 atom stereocenters. The topological polar surface area (TPSA) is 92.8 Å². The summed E-state index contributed by atoms with van der Waals surface area (Å²) < 4.78 is 5.12.